The van der Waals surface area contributed by atoms with Crippen LogP contribution in [0, 0.1) is 12.7 Å². The number of sulfonamides is 1. The van der Waals surface area contributed by atoms with E-state index in [0.717, 1.165) is 6.26 Å². The van der Waals surface area contributed by atoms with Crippen molar-refractivity contribution in [2.75, 3.05) is 26.0 Å². The van der Waals surface area contributed by atoms with Gasteiger partial charge in [0.2, 0.25) is 10.0 Å². The number of hydrogen-bond donors (Lipinski definition) is 2. The number of halogens is 1. The molecular formula is C21H27FN2O6S. The molecule has 0 aliphatic carbocycles. The summed E-state index contributed by atoms with van der Waals surface area (Å²) in [5.74, 6) is -0.693. The third-order valence-electron chi connectivity index (χ3n) is 6.43. The maximum atomic E-state index is 14.0. The van der Waals surface area contributed by atoms with E-state index in [1.54, 1.807) is 30.9 Å². The van der Waals surface area contributed by atoms with E-state index in [1.165, 1.54) is 6.07 Å². The molecule has 0 unspecified atom stereocenters. The first-order valence-corrected chi connectivity index (χ1v) is 12.1. The summed E-state index contributed by atoms with van der Waals surface area (Å²) < 4.78 is 51.6. The standard InChI is InChI=1S/C21H27FN2O6S/c1-13-14-5-4-6-15(22)18(14)30-17(13)19(25)24-9-7-21(8-10-24)11-16(23-31(3,27)28)20(2,26)12-29-21/h4-6,16,23,26H,7-12H2,1-3H3/t16-,20-/m0/s1. The lowest BCUT2D eigenvalue weighted by Gasteiger charge is -2.50. The van der Waals surface area contributed by atoms with Crippen LogP contribution < -0.4 is 4.72 Å². The first-order chi connectivity index (χ1) is 14.4. The number of nitrogens with one attached hydrogen (secondary N) is 1. The van der Waals surface area contributed by atoms with E-state index in [1.807, 2.05) is 0 Å². The number of nitrogens with zero attached hydrogens (tertiary/aromatic N) is 1. The Labute approximate surface area is 180 Å². The highest BCUT2D eigenvalue weighted by Crippen LogP contribution is 2.39. The predicted molar refractivity (Wildman–Crippen MR) is 112 cm³/mol. The molecular weight excluding hydrogens is 427 g/mol. The number of carbonyl (C=O) groups is 1. The van der Waals surface area contributed by atoms with Gasteiger partial charge in [0, 0.05) is 24.0 Å². The van der Waals surface area contributed by atoms with Crippen LogP contribution in [0.5, 0.6) is 0 Å². The van der Waals surface area contributed by atoms with Gasteiger partial charge in [-0.25, -0.2) is 17.5 Å². The summed E-state index contributed by atoms with van der Waals surface area (Å²) in [6, 6.07) is 3.91. The summed E-state index contributed by atoms with van der Waals surface area (Å²) in [5, 5.41) is 11.1. The zero-order valence-electron chi connectivity index (χ0n) is 17.8. The third kappa shape index (κ3) is 4.21. The number of ether oxygens (including phenoxy) is 1. The van der Waals surface area contributed by atoms with Crippen LogP contribution in [0.2, 0.25) is 0 Å². The van der Waals surface area contributed by atoms with Gasteiger partial charge in [-0.15, -0.1) is 0 Å². The SMILES string of the molecule is Cc1c(C(=O)N2CCC3(CC2)C[C@H](NS(C)(=O)=O)[C@@](C)(O)CO3)oc2c(F)cccc12. The largest absolute Gasteiger partial charge is 0.448 e. The van der Waals surface area contributed by atoms with Crippen molar-refractivity contribution in [3.63, 3.8) is 0 Å². The van der Waals surface area contributed by atoms with Gasteiger partial charge in [-0.05, 0) is 39.2 Å². The Hall–Kier alpha value is -2.01. The van der Waals surface area contributed by atoms with E-state index in [2.05, 4.69) is 4.72 Å². The molecule has 31 heavy (non-hydrogen) atoms. The lowest BCUT2D eigenvalue weighted by Crippen LogP contribution is -2.64. The van der Waals surface area contributed by atoms with Crippen LogP contribution in [0.1, 0.15) is 42.3 Å². The van der Waals surface area contributed by atoms with Crippen LogP contribution >= 0.6 is 0 Å². The second-order valence-corrected chi connectivity index (χ2v) is 10.7. The number of rotatable bonds is 3. The molecule has 10 heteroatoms. The molecule has 8 nitrogen and oxygen atoms in total. The van der Waals surface area contributed by atoms with E-state index in [9.17, 15) is 22.7 Å². The maximum Gasteiger partial charge on any atom is 0.289 e. The number of aryl methyl sites for hydroxylation is 1. The van der Waals surface area contributed by atoms with Crippen molar-refractivity contribution in [2.45, 2.75) is 50.4 Å². The third-order valence-corrected chi connectivity index (χ3v) is 7.14. The van der Waals surface area contributed by atoms with Gasteiger partial charge in [0.1, 0.15) is 5.60 Å². The minimum absolute atomic E-state index is 0.00388. The average Bonchev–Trinajstić information content (AvgIpc) is 3.03. The van der Waals surface area contributed by atoms with Crippen LogP contribution in [0.25, 0.3) is 11.0 Å². The maximum absolute atomic E-state index is 14.0. The molecule has 1 spiro atoms. The Balaban J connectivity index is 1.49. The predicted octanol–water partition coefficient (Wildman–Crippen LogP) is 1.94. The molecule has 2 saturated heterocycles. The molecule has 4 rings (SSSR count). The number of fused-ring (bicyclic) bond motifs is 1. The van der Waals surface area contributed by atoms with Crippen molar-refractivity contribution in [3.05, 3.63) is 35.3 Å². The molecule has 1 amide bonds. The van der Waals surface area contributed by atoms with Crippen LogP contribution in [0.3, 0.4) is 0 Å². The fourth-order valence-electron chi connectivity index (χ4n) is 4.50. The van der Waals surface area contributed by atoms with Crippen LogP contribution in [-0.4, -0.2) is 67.5 Å². The van der Waals surface area contributed by atoms with Gasteiger partial charge in [0.05, 0.1) is 24.5 Å². The molecule has 3 heterocycles. The molecule has 0 bridgehead atoms. The van der Waals surface area contributed by atoms with Crippen molar-refractivity contribution in [1.82, 2.24) is 9.62 Å². The van der Waals surface area contributed by atoms with Crippen molar-refractivity contribution in [1.29, 1.82) is 0 Å². The Bertz CT molecular complexity index is 1120. The van der Waals surface area contributed by atoms with Crippen LogP contribution in [0.4, 0.5) is 4.39 Å². The Morgan fingerprint density at radius 1 is 1.32 bits per heavy atom. The molecule has 2 aliphatic rings. The van der Waals surface area contributed by atoms with E-state index in [0.29, 0.717) is 43.3 Å². The Morgan fingerprint density at radius 2 is 2.00 bits per heavy atom. The summed E-state index contributed by atoms with van der Waals surface area (Å²) in [7, 11) is -3.50. The van der Waals surface area contributed by atoms with Gasteiger partial charge < -0.3 is 19.2 Å². The molecule has 2 N–H and O–H groups in total. The summed E-state index contributed by atoms with van der Waals surface area (Å²) in [5.41, 5.74) is -1.28. The number of hydrogen-bond acceptors (Lipinski definition) is 6. The van der Waals surface area contributed by atoms with Crippen molar-refractivity contribution >= 4 is 26.9 Å². The number of likely N-dealkylation sites (tertiary alicyclic amines) is 1. The number of piperidine rings is 1. The minimum Gasteiger partial charge on any atom is -0.448 e. The minimum atomic E-state index is -3.50. The molecule has 2 aromatic rings. The average molecular weight is 455 g/mol. The highest BCUT2D eigenvalue weighted by atomic mass is 32.2. The zero-order valence-corrected chi connectivity index (χ0v) is 18.6. The highest BCUT2D eigenvalue weighted by molar-refractivity contribution is 7.88. The lowest BCUT2D eigenvalue weighted by molar-refractivity contribution is -0.187. The van der Waals surface area contributed by atoms with Gasteiger partial charge in [0.25, 0.3) is 5.91 Å². The van der Waals surface area contributed by atoms with E-state index in [4.69, 9.17) is 9.15 Å². The zero-order chi connectivity index (χ0) is 22.6. The molecule has 2 atom stereocenters. The van der Waals surface area contributed by atoms with Gasteiger partial charge in [-0.3, -0.25) is 4.79 Å². The monoisotopic (exact) mass is 454 g/mol. The lowest BCUT2D eigenvalue weighted by atomic mass is 9.78. The first-order valence-electron chi connectivity index (χ1n) is 10.2. The molecule has 0 radical (unpaired) electrons. The number of amides is 1. The van der Waals surface area contributed by atoms with Crippen molar-refractivity contribution < 1.29 is 31.9 Å². The fraction of sp³-hybridized carbons (Fsp3) is 0.571. The van der Waals surface area contributed by atoms with Crippen LogP contribution in [0.15, 0.2) is 22.6 Å². The first kappa shape index (κ1) is 22.2. The molecule has 1 aromatic carbocycles. The number of furan rings is 1. The topological polar surface area (TPSA) is 109 Å². The molecule has 2 aliphatic heterocycles. The van der Waals surface area contributed by atoms with Crippen LogP contribution in [-0.2, 0) is 14.8 Å². The summed E-state index contributed by atoms with van der Waals surface area (Å²) in [6.07, 6.45) is 2.35. The van der Waals surface area contributed by atoms with E-state index >= 15 is 0 Å². The van der Waals surface area contributed by atoms with Gasteiger partial charge in [0.15, 0.2) is 17.2 Å². The number of carbonyl (C=O) groups excluding carboxylic acids is 1. The van der Waals surface area contributed by atoms with Crippen molar-refractivity contribution in [2.24, 2.45) is 0 Å². The van der Waals surface area contributed by atoms with E-state index < -0.39 is 33.1 Å². The summed E-state index contributed by atoms with van der Waals surface area (Å²) >= 11 is 0. The molecule has 1 aromatic heterocycles. The summed E-state index contributed by atoms with van der Waals surface area (Å²) in [6.45, 7) is 4.04. The van der Waals surface area contributed by atoms with Gasteiger partial charge >= 0.3 is 0 Å². The number of aliphatic hydroxyl groups is 1. The quantitative estimate of drug-likeness (QED) is 0.734. The number of para-hydroxylation sites is 1. The summed E-state index contributed by atoms with van der Waals surface area (Å²) in [4.78, 5) is 14.7. The van der Waals surface area contributed by atoms with Gasteiger partial charge in [-0.2, -0.15) is 0 Å². The normalized spacial score (nSPS) is 26.5. The molecule has 0 saturated carbocycles. The number of benzene rings is 1. The van der Waals surface area contributed by atoms with Gasteiger partial charge in [-0.1, -0.05) is 12.1 Å². The van der Waals surface area contributed by atoms with Crippen molar-refractivity contribution in [3.8, 4) is 0 Å². The smallest absolute Gasteiger partial charge is 0.289 e. The van der Waals surface area contributed by atoms with E-state index in [-0.39, 0.29) is 23.9 Å². The Morgan fingerprint density at radius 3 is 2.61 bits per heavy atom. The molecule has 170 valence electrons. The second kappa shape index (κ2) is 7.54. The molecule has 2 fully saturated rings. The fourth-order valence-corrected chi connectivity index (χ4v) is 5.35. The second-order valence-electron chi connectivity index (χ2n) is 8.94. The Kier molecular flexibility index (Phi) is 5.40. The highest BCUT2D eigenvalue weighted by Gasteiger charge is 2.49.